The van der Waals surface area contributed by atoms with Gasteiger partial charge in [-0.05, 0) is 36.4 Å². The number of para-hydroxylation sites is 2. The van der Waals surface area contributed by atoms with Crippen molar-refractivity contribution in [1.29, 1.82) is 0 Å². The molecule has 4 rings (SSSR count). The van der Waals surface area contributed by atoms with E-state index in [2.05, 4.69) is 0 Å². The molecule has 1 fully saturated rings. The van der Waals surface area contributed by atoms with Gasteiger partial charge < -0.3 is 9.64 Å². The Hall–Kier alpha value is -2.60. The fraction of sp³-hybridized carbons (Fsp3) is 0.263. The van der Waals surface area contributed by atoms with Crippen LogP contribution in [-0.2, 0) is 9.59 Å². The second-order valence-corrected chi connectivity index (χ2v) is 6.96. The maximum Gasteiger partial charge on any atom is 0.282 e. The Morgan fingerprint density at radius 3 is 2.44 bits per heavy atom. The molecule has 0 aliphatic carbocycles. The Morgan fingerprint density at radius 2 is 1.76 bits per heavy atom. The van der Waals surface area contributed by atoms with Crippen molar-refractivity contribution in [1.82, 2.24) is 4.90 Å². The fourth-order valence-corrected chi connectivity index (χ4v) is 4.19. The normalized spacial score (nSPS) is 17.8. The maximum absolute atomic E-state index is 13.2. The molecular weight excluding hydrogens is 336 g/mol. The second kappa shape index (κ2) is 6.37. The van der Waals surface area contributed by atoms with Crippen molar-refractivity contribution in [2.45, 2.75) is 12.8 Å². The number of thiophene rings is 1. The molecule has 1 aromatic heterocycles. The summed E-state index contributed by atoms with van der Waals surface area (Å²) in [6.07, 6.45) is 2.08. The summed E-state index contributed by atoms with van der Waals surface area (Å²) in [5.74, 6) is -0.0314. The van der Waals surface area contributed by atoms with E-state index in [0.717, 1.165) is 30.8 Å². The zero-order valence-electron chi connectivity index (χ0n) is 13.9. The maximum atomic E-state index is 13.2. The Kier molecular flexibility index (Phi) is 4.05. The Balaban J connectivity index is 1.84. The zero-order valence-corrected chi connectivity index (χ0v) is 14.7. The first kappa shape index (κ1) is 15.9. The molecule has 0 spiro atoms. The van der Waals surface area contributed by atoms with E-state index in [0.29, 0.717) is 22.7 Å². The van der Waals surface area contributed by atoms with Gasteiger partial charge in [-0.25, -0.2) is 4.90 Å². The number of carbonyl (C=O) groups is 2. The summed E-state index contributed by atoms with van der Waals surface area (Å²) < 4.78 is 5.37. The van der Waals surface area contributed by atoms with Crippen LogP contribution in [-0.4, -0.2) is 36.9 Å². The lowest BCUT2D eigenvalue weighted by Gasteiger charge is -2.21. The van der Waals surface area contributed by atoms with Crippen LogP contribution in [0.15, 0.2) is 47.5 Å². The van der Waals surface area contributed by atoms with E-state index >= 15 is 0 Å². The van der Waals surface area contributed by atoms with E-state index < -0.39 is 0 Å². The number of nitrogens with zero attached hydrogens (tertiary/aromatic N) is 2. The minimum atomic E-state index is -0.279. The average molecular weight is 354 g/mol. The topological polar surface area (TPSA) is 49.9 Å². The van der Waals surface area contributed by atoms with Gasteiger partial charge in [-0.3, -0.25) is 9.59 Å². The third-order valence-corrected chi connectivity index (χ3v) is 5.46. The predicted octanol–water partition coefficient (Wildman–Crippen LogP) is 3.14. The third-order valence-electron chi connectivity index (χ3n) is 4.58. The van der Waals surface area contributed by atoms with Crippen LogP contribution < -0.4 is 9.64 Å². The van der Waals surface area contributed by atoms with Gasteiger partial charge in [0.25, 0.3) is 11.8 Å². The van der Waals surface area contributed by atoms with Crippen molar-refractivity contribution in [3.05, 3.63) is 52.4 Å². The number of rotatable bonds is 4. The monoisotopic (exact) mass is 354 g/mol. The summed E-state index contributed by atoms with van der Waals surface area (Å²) in [5, 5.41) is 1.92. The molecule has 0 atom stereocenters. The molecule has 2 aliphatic rings. The van der Waals surface area contributed by atoms with Crippen LogP contribution in [0.2, 0.25) is 0 Å². The second-order valence-electron chi connectivity index (χ2n) is 6.01. The van der Waals surface area contributed by atoms with Crippen molar-refractivity contribution in [2.75, 3.05) is 25.1 Å². The summed E-state index contributed by atoms with van der Waals surface area (Å²) in [6, 6.07) is 10.9. The molecule has 2 aromatic rings. The largest absolute Gasteiger partial charge is 0.495 e. The van der Waals surface area contributed by atoms with Crippen molar-refractivity contribution in [2.24, 2.45) is 0 Å². The average Bonchev–Trinajstić information content (AvgIpc) is 3.36. The molecule has 2 aliphatic heterocycles. The van der Waals surface area contributed by atoms with Crippen LogP contribution in [0.3, 0.4) is 0 Å². The van der Waals surface area contributed by atoms with Gasteiger partial charge in [-0.2, -0.15) is 0 Å². The van der Waals surface area contributed by atoms with Crippen molar-refractivity contribution < 1.29 is 14.3 Å². The van der Waals surface area contributed by atoms with E-state index in [1.54, 1.807) is 25.3 Å². The molecule has 5 nitrogen and oxygen atoms in total. The zero-order chi connectivity index (χ0) is 17.4. The van der Waals surface area contributed by atoms with Crippen LogP contribution in [0, 0.1) is 0 Å². The van der Waals surface area contributed by atoms with E-state index in [4.69, 9.17) is 4.74 Å². The van der Waals surface area contributed by atoms with Crippen LogP contribution in [0.25, 0.3) is 5.57 Å². The predicted molar refractivity (Wildman–Crippen MR) is 97.5 cm³/mol. The molecule has 128 valence electrons. The minimum absolute atomic E-state index is 0.264. The smallest absolute Gasteiger partial charge is 0.282 e. The lowest BCUT2D eigenvalue weighted by molar-refractivity contribution is -0.120. The summed E-state index contributed by atoms with van der Waals surface area (Å²) in [4.78, 5) is 30.6. The summed E-state index contributed by atoms with van der Waals surface area (Å²) in [6.45, 7) is 1.62. The molecule has 25 heavy (non-hydrogen) atoms. The SMILES string of the molecule is COc1ccccc1N1C(=O)C(c2cccs2)=C(N2CCCC2)C1=O. The molecule has 6 heteroatoms. The Labute approximate surface area is 150 Å². The van der Waals surface area contributed by atoms with E-state index in [1.165, 1.54) is 16.2 Å². The van der Waals surface area contributed by atoms with Crippen LogP contribution in [0.1, 0.15) is 17.7 Å². The number of hydrogen-bond donors (Lipinski definition) is 0. The van der Waals surface area contributed by atoms with Crippen molar-refractivity contribution >= 4 is 34.4 Å². The number of ether oxygens (including phenoxy) is 1. The van der Waals surface area contributed by atoms with Crippen molar-refractivity contribution in [3.8, 4) is 5.75 Å². The van der Waals surface area contributed by atoms with E-state index in [1.807, 2.05) is 28.5 Å². The van der Waals surface area contributed by atoms with Crippen LogP contribution >= 0.6 is 11.3 Å². The molecule has 2 amide bonds. The summed E-state index contributed by atoms with van der Waals surface area (Å²) in [5.41, 5.74) is 1.52. The Morgan fingerprint density at radius 1 is 1.00 bits per heavy atom. The van der Waals surface area contributed by atoms with Gasteiger partial charge >= 0.3 is 0 Å². The molecule has 0 unspecified atom stereocenters. The highest BCUT2D eigenvalue weighted by Crippen LogP contribution is 2.40. The first-order chi connectivity index (χ1) is 12.2. The van der Waals surface area contributed by atoms with E-state index in [9.17, 15) is 9.59 Å². The van der Waals surface area contributed by atoms with Gasteiger partial charge in [0.15, 0.2) is 0 Å². The molecule has 0 radical (unpaired) electrons. The van der Waals surface area contributed by atoms with Gasteiger partial charge in [0, 0.05) is 18.0 Å². The highest BCUT2D eigenvalue weighted by Gasteiger charge is 2.44. The number of methoxy groups -OCH3 is 1. The molecule has 0 N–H and O–H groups in total. The molecular formula is C19H18N2O3S. The molecule has 0 bridgehead atoms. The minimum Gasteiger partial charge on any atom is -0.495 e. The number of hydrogen-bond acceptors (Lipinski definition) is 5. The van der Waals surface area contributed by atoms with Crippen LogP contribution in [0.4, 0.5) is 5.69 Å². The fourth-order valence-electron chi connectivity index (χ4n) is 3.43. The quantitative estimate of drug-likeness (QED) is 0.792. The molecule has 3 heterocycles. The molecule has 0 saturated carbocycles. The van der Waals surface area contributed by atoms with Gasteiger partial charge in [-0.15, -0.1) is 11.3 Å². The van der Waals surface area contributed by atoms with Gasteiger partial charge in [0.05, 0.1) is 18.4 Å². The van der Waals surface area contributed by atoms with E-state index in [-0.39, 0.29) is 11.8 Å². The lowest BCUT2D eigenvalue weighted by Crippen LogP contribution is -2.34. The highest BCUT2D eigenvalue weighted by molar-refractivity contribution is 7.11. The first-order valence-corrected chi connectivity index (χ1v) is 9.15. The standard InChI is InChI=1S/C19H18N2O3S/c1-24-14-8-3-2-7-13(14)21-18(22)16(15-9-6-12-25-15)17(19(21)23)20-10-4-5-11-20/h2-3,6-9,12H,4-5,10-11H2,1H3. The number of likely N-dealkylation sites (tertiary alicyclic amines) is 1. The van der Waals surface area contributed by atoms with Gasteiger partial charge in [-0.1, -0.05) is 18.2 Å². The van der Waals surface area contributed by atoms with Gasteiger partial charge in [0.2, 0.25) is 0 Å². The Bertz CT molecular complexity index is 851. The number of amides is 2. The third kappa shape index (κ3) is 2.53. The number of carbonyl (C=O) groups excluding carboxylic acids is 2. The van der Waals surface area contributed by atoms with Crippen molar-refractivity contribution in [3.63, 3.8) is 0 Å². The number of anilines is 1. The number of benzene rings is 1. The first-order valence-electron chi connectivity index (χ1n) is 8.27. The lowest BCUT2D eigenvalue weighted by atomic mass is 10.2. The molecule has 1 aromatic carbocycles. The van der Waals surface area contributed by atoms with Crippen LogP contribution in [0.5, 0.6) is 5.75 Å². The van der Waals surface area contributed by atoms with Gasteiger partial charge in [0.1, 0.15) is 11.4 Å². The summed E-state index contributed by atoms with van der Waals surface area (Å²) in [7, 11) is 1.54. The summed E-state index contributed by atoms with van der Waals surface area (Å²) >= 11 is 1.48. The highest BCUT2D eigenvalue weighted by atomic mass is 32.1. The molecule has 1 saturated heterocycles. The number of imide groups is 1.